The lowest BCUT2D eigenvalue weighted by Gasteiger charge is -2.22. The van der Waals surface area contributed by atoms with Crippen LogP contribution in [0.4, 0.5) is 0 Å². The molecular formula is C20H30ClIN4O3. The van der Waals surface area contributed by atoms with Crippen molar-refractivity contribution in [3.63, 3.8) is 0 Å². The highest BCUT2D eigenvalue weighted by atomic mass is 127. The summed E-state index contributed by atoms with van der Waals surface area (Å²) in [6.45, 7) is 3.92. The van der Waals surface area contributed by atoms with E-state index in [4.69, 9.17) is 30.8 Å². The van der Waals surface area contributed by atoms with Gasteiger partial charge >= 0.3 is 0 Å². The summed E-state index contributed by atoms with van der Waals surface area (Å²) in [4.78, 5) is 6.83. The summed E-state index contributed by atoms with van der Waals surface area (Å²) in [7, 11) is 8.78. The number of aromatic nitrogens is 1. The van der Waals surface area contributed by atoms with Crippen LogP contribution >= 0.6 is 35.6 Å². The van der Waals surface area contributed by atoms with Gasteiger partial charge < -0.3 is 29.0 Å². The number of hydrogen-bond donors (Lipinski definition) is 1. The van der Waals surface area contributed by atoms with Gasteiger partial charge in [0.2, 0.25) is 5.75 Å². The molecule has 1 N–H and O–H groups in total. The molecule has 0 bridgehead atoms. The number of aliphatic imine (C=N–C) groups is 1. The quantitative estimate of drug-likeness (QED) is 0.315. The van der Waals surface area contributed by atoms with Crippen molar-refractivity contribution in [2.75, 3.05) is 34.9 Å². The van der Waals surface area contributed by atoms with E-state index in [0.29, 0.717) is 30.3 Å². The molecule has 1 aromatic heterocycles. The van der Waals surface area contributed by atoms with E-state index < -0.39 is 0 Å². The van der Waals surface area contributed by atoms with Gasteiger partial charge in [-0.05, 0) is 25.1 Å². The number of benzene rings is 1. The van der Waals surface area contributed by atoms with Gasteiger partial charge in [0.05, 0.1) is 39.4 Å². The van der Waals surface area contributed by atoms with Crippen molar-refractivity contribution in [2.24, 2.45) is 12.0 Å². The molecule has 0 fully saturated rings. The summed E-state index contributed by atoms with van der Waals surface area (Å²) in [5.74, 6) is 2.60. The maximum atomic E-state index is 6.10. The molecule has 29 heavy (non-hydrogen) atoms. The van der Waals surface area contributed by atoms with Crippen molar-refractivity contribution in [3.8, 4) is 17.2 Å². The van der Waals surface area contributed by atoms with Gasteiger partial charge in [0, 0.05) is 38.1 Å². The molecule has 0 aliphatic rings. The Morgan fingerprint density at radius 1 is 1.17 bits per heavy atom. The summed E-state index contributed by atoms with van der Waals surface area (Å²) in [5, 5.41) is 4.05. The van der Waals surface area contributed by atoms with E-state index in [1.807, 2.05) is 50.0 Å². The Morgan fingerprint density at radius 2 is 1.86 bits per heavy atom. The second-order valence-electron chi connectivity index (χ2n) is 6.28. The first-order valence-corrected chi connectivity index (χ1v) is 9.40. The van der Waals surface area contributed by atoms with Gasteiger partial charge in [-0.2, -0.15) is 0 Å². The lowest BCUT2D eigenvalue weighted by atomic mass is 10.1. The summed E-state index contributed by atoms with van der Waals surface area (Å²) in [6, 6.07) is 5.75. The fourth-order valence-corrected chi connectivity index (χ4v) is 3.23. The second kappa shape index (κ2) is 12.0. The molecule has 0 radical (unpaired) electrons. The summed E-state index contributed by atoms with van der Waals surface area (Å²) >= 11 is 6.10. The molecule has 0 saturated carbocycles. The Labute approximate surface area is 195 Å². The molecule has 0 aliphatic heterocycles. The number of halogens is 2. The molecule has 0 unspecified atom stereocenters. The second-order valence-corrected chi connectivity index (χ2v) is 6.72. The van der Waals surface area contributed by atoms with Gasteiger partial charge in [-0.1, -0.05) is 11.6 Å². The molecule has 2 rings (SSSR count). The van der Waals surface area contributed by atoms with Crippen LogP contribution in [0, 0.1) is 0 Å². The zero-order valence-electron chi connectivity index (χ0n) is 17.8. The third-order valence-corrected chi connectivity index (χ3v) is 4.56. The van der Waals surface area contributed by atoms with Crippen molar-refractivity contribution in [1.29, 1.82) is 0 Å². The molecule has 9 heteroatoms. The Bertz CT molecular complexity index is 826. The highest BCUT2D eigenvalue weighted by Gasteiger charge is 2.16. The van der Waals surface area contributed by atoms with Crippen molar-refractivity contribution in [1.82, 2.24) is 14.8 Å². The number of rotatable bonds is 8. The monoisotopic (exact) mass is 536 g/mol. The highest BCUT2D eigenvalue weighted by molar-refractivity contribution is 14.0. The van der Waals surface area contributed by atoms with Gasteiger partial charge in [0.1, 0.15) is 0 Å². The van der Waals surface area contributed by atoms with Crippen LogP contribution in [0.3, 0.4) is 0 Å². The number of aryl methyl sites for hydroxylation is 1. The average molecular weight is 537 g/mol. The minimum absolute atomic E-state index is 0. The van der Waals surface area contributed by atoms with Gasteiger partial charge in [-0.25, -0.2) is 4.99 Å². The number of nitrogens with zero attached hydrogens (tertiary/aromatic N) is 3. The van der Waals surface area contributed by atoms with Crippen LogP contribution < -0.4 is 19.5 Å². The van der Waals surface area contributed by atoms with Crippen LogP contribution in [-0.2, 0) is 20.1 Å². The smallest absolute Gasteiger partial charge is 0.203 e. The predicted molar refractivity (Wildman–Crippen MR) is 128 cm³/mol. The lowest BCUT2D eigenvalue weighted by Crippen LogP contribution is -2.38. The van der Waals surface area contributed by atoms with Crippen molar-refractivity contribution < 1.29 is 14.2 Å². The van der Waals surface area contributed by atoms with Crippen LogP contribution in [0.1, 0.15) is 18.2 Å². The zero-order chi connectivity index (χ0) is 20.7. The van der Waals surface area contributed by atoms with E-state index in [1.165, 1.54) is 0 Å². The summed E-state index contributed by atoms with van der Waals surface area (Å²) in [6.07, 6.45) is 1.89. The Balaban J connectivity index is 0.00000420. The first-order chi connectivity index (χ1) is 13.4. The fourth-order valence-electron chi connectivity index (χ4n) is 2.96. The largest absolute Gasteiger partial charge is 0.493 e. The van der Waals surface area contributed by atoms with E-state index >= 15 is 0 Å². The molecule has 0 aliphatic carbocycles. The van der Waals surface area contributed by atoms with E-state index in [1.54, 1.807) is 21.3 Å². The third kappa shape index (κ3) is 6.33. The maximum Gasteiger partial charge on any atom is 0.203 e. The SMILES string of the molecule is CCNC(=NCc1ccc(OC)c(OC)c1OC)N(C)Cc1cc(Cl)cn1C.I. The molecule has 0 saturated heterocycles. The minimum Gasteiger partial charge on any atom is -0.493 e. The normalized spacial score (nSPS) is 10.9. The standard InChI is InChI=1S/C20H29ClN4O3.HI/c1-7-22-20(25(3)13-16-10-15(21)12-24(16)2)23-11-14-8-9-17(26-4)19(28-6)18(14)27-5;/h8-10,12H,7,11,13H2,1-6H3,(H,22,23);1H. The van der Waals surface area contributed by atoms with E-state index in [-0.39, 0.29) is 24.0 Å². The third-order valence-electron chi connectivity index (χ3n) is 4.36. The number of methoxy groups -OCH3 is 3. The fraction of sp³-hybridized carbons (Fsp3) is 0.450. The molecule has 7 nitrogen and oxygen atoms in total. The van der Waals surface area contributed by atoms with Crippen LogP contribution in [0.25, 0.3) is 0 Å². The first-order valence-electron chi connectivity index (χ1n) is 9.03. The van der Waals surface area contributed by atoms with Crippen molar-refractivity contribution in [2.45, 2.75) is 20.0 Å². The zero-order valence-corrected chi connectivity index (χ0v) is 20.9. The van der Waals surface area contributed by atoms with Crippen LogP contribution in [0.15, 0.2) is 29.4 Å². The van der Waals surface area contributed by atoms with Gasteiger partial charge in [0.15, 0.2) is 17.5 Å². The molecule has 0 spiro atoms. The Kier molecular flexibility index (Phi) is 10.5. The van der Waals surface area contributed by atoms with Gasteiger partial charge in [-0.15, -0.1) is 24.0 Å². The number of guanidine groups is 1. The molecule has 2 aromatic rings. The van der Waals surface area contributed by atoms with Crippen LogP contribution in [-0.4, -0.2) is 50.3 Å². The average Bonchev–Trinajstić information content (AvgIpc) is 3.00. The van der Waals surface area contributed by atoms with E-state index in [2.05, 4.69) is 10.2 Å². The van der Waals surface area contributed by atoms with Gasteiger partial charge in [-0.3, -0.25) is 0 Å². The molecule has 0 atom stereocenters. The molecule has 1 aromatic carbocycles. The van der Waals surface area contributed by atoms with Crippen molar-refractivity contribution in [3.05, 3.63) is 40.7 Å². The predicted octanol–water partition coefficient (Wildman–Crippen LogP) is 3.92. The van der Waals surface area contributed by atoms with E-state index in [0.717, 1.165) is 28.8 Å². The molecule has 162 valence electrons. The molecular weight excluding hydrogens is 507 g/mol. The lowest BCUT2D eigenvalue weighted by molar-refractivity contribution is 0.322. The number of nitrogens with one attached hydrogen (secondary N) is 1. The maximum absolute atomic E-state index is 6.10. The number of ether oxygens (including phenoxy) is 3. The molecule has 1 heterocycles. The molecule has 0 amide bonds. The Hall–Kier alpha value is -1.81. The summed E-state index contributed by atoms with van der Waals surface area (Å²) in [5.41, 5.74) is 2.01. The van der Waals surface area contributed by atoms with Gasteiger partial charge in [0.25, 0.3) is 0 Å². The highest BCUT2D eigenvalue weighted by Crippen LogP contribution is 2.39. The minimum atomic E-state index is 0. The topological polar surface area (TPSA) is 60.3 Å². The summed E-state index contributed by atoms with van der Waals surface area (Å²) < 4.78 is 18.4. The van der Waals surface area contributed by atoms with Crippen molar-refractivity contribution >= 4 is 41.5 Å². The number of hydrogen-bond acceptors (Lipinski definition) is 4. The van der Waals surface area contributed by atoms with E-state index in [9.17, 15) is 0 Å². The Morgan fingerprint density at radius 3 is 2.38 bits per heavy atom. The van der Waals surface area contributed by atoms with Crippen LogP contribution in [0.2, 0.25) is 5.02 Å². The first kappa shape index (κ1) is 25.2. The van der Waals surface area contributed by atoms with Crippen LogP contribution in [0.5, 0.6) is 17.2 Å².